The molecule has 0 bridgehead atoms. The standard InChI is InChI=1S/C10H19NO2/c1-5-6-7-8-11(4)9(12)10(2,3)13/h5,13H,1,6-8H2,2-4H3. The zero-order chi connectivity index (χ0) is 10.5. The van der Waals surface area contributed by atoms with Crippen molar-refractivity contribution in [1.82, 2.24) is 4.90 Å². The van der Waals surface area contributed by atoms with Crippen molar-refractivity contribution >= 4 is 5.91 Å². The molecule has 0 fully saturated rings. The lowest BCUT2D eigenvalue weighted by Gasteiger charge is -2.24. The van der Waals surface area contributed by atoms with E-state index in [4.69, 9.17) is 0 Å². The van der Waals surface area contributed by atoms with Gasteiger partial charge in [-0.05, 0) is 26.7 Å². The highest BCUT2D eigenvalue weighted by molar-refractivity contribution is 5.83. The van der Waals surface area contributed by atoms with Crippen molar-refractivity contribution in [2.45, 2.75) is 32.3 Å². The summed E-state index contributed by atoms with van der Waals surface area (Å²) in [5.41, 5.74) is -1.26. The summed E-state index contributed by atoms with van der Waals surface area (Å²) in [6, 6.07) is 0. The minimum Gasteiger partial charge on any atom is -0.381 e. The molecule has 1 amide bonds. The van der Waals surface area contributed by atoms with E-state index in [2.05, 4.69) is 6.58 Å². The second-order valence-corrected chi connectivity index (χ2v) is 3.72. The topological polar surface area (TPSA) is 40.5 Å². The lowest BCUT2D eigenvalue weighted by atomic mass is 10.1. The van der Waals surface area contributed by atoms with Crippen molar-refractivity contribution in [2.75, 3.05) is 13.6 Å². The number of likely N-dealkylation sites (N-methyl/N-ethyl adjacent to an activating group) is 1. The van der Waals surface area contributed by atoms with E-state index >= 15 is 0 Å². The van der Waals surface area contributed by atoms with Gasteiger partial charge in [0.15, 0.2) is 0 Å². The normalized spacial score (nSPS) is 11.1. The molecule has 0 radical (unpaired) electrons. The summed E-state index contributed by atoms with van der Waals surface area (Å²) in [5, 5.41) is 9.40. The predicted octanol–water partition coefficient (Wildman–Crippen LogP) is 1.18. The summed E-state index contributed by atoms with van der Waals surface area (Å²) in [7, 11) is 1.70. The smallest absolute Gasteiger partial charge is 0.253 e. The molecule has 0 saturated heterocycles. The van der Waals surface area contributed by atoms with E-state index < -0.39 is 5.60 Å². The summed E-state index contributed by atoms with van der Waals surface area (Å²) >= 11 is 0. The first-order valence-electron chi connectivity index (χ1n) is 4.48. The zero-order valence-corrected chi connectivity index (χ0v) is 8.71. The number of hydrogen-bond acceptors (Lipinski definition) is 2. The van der Waals surface area contributed by atoms with Crippen LogP contribution in [0, 0.1) is 0 Å². The Morgan fingerprint density at radius 3 is 2.54 bits per heavy atom. The Bertz CT molecular complexity index is 182. The highest BCUT2D eigenvalue weighted by atomic mass is 16.3. The molecule has 1 N–H and O–H groups in total. The van der Waals surface area contributed by atoms with Crippen molar-refractivity contribution in [3.8, 4) is 0 Å². The number of carbonyl (C=O) groups excluding carboxylic acids is 1. The van der Waals surface area contributed by atoms with Gasteiger partial charge in [-0.15, -0.1) is 6.58 Å². The Morgan fingerprint density at radius 1 is 1.62 bits per heavy atom. The molecule has 3 heteroatoms. The van der Waals surface area contributed by atoms with Gasteiger partial charge in [0.25, 0.3) is 5.91 Å². The molecule has 0 saturated carbocycles. The van der Waals surface area contributed by atoms with E-state index in [1.54, 1.807) is 11.9 Å². The van der Waals surface area contributed by atoms with Crippen molar-refractivity contribution in [3.63, 3.8) is 0 Å². The first-order chi connectivity index (χ1) is 5.89. The molecule has 0 aromatic heterocycles. The highest BCUT2D eigenvalue weighted by Crippen LogP contribution is 2.06. The Labute approximate surface area is 80.0 Å². The lowest BCUT2D eigenvalue weighted by Crippen LogP contribution is -2.43. The van der Waals surface area contributed by atoms with Gasteiger partial charge in [-0.3, -0.25) is 4.79 Å². The average molecular weight is 185 g/mol. The van der Waals surface area contributed by atoms with Crippen molar-refractivity contribution in [3.05, 3.63) is 12.7 Å². The summed E-state index contributed by atoms with van der Waals surface area (Å²) in [4.78, 5) is 13.0. The molecule has 0 spiro atoms. The molecular weight excluding hydrogens is 166 g/mol. The van der Waals surface area contributed by atoms with Crippen molar-refractivity contribution in [2.24, 2.45) is 0 Å². The van der Waals surface area contributed by atoms with E-state index in [-0.39, 0.29) is 5.91 Å². The summed E-state index contributed by atoms with van der Waals surface area (Å²) in [5.74, 6) is -0.239. The molecule has 0 aromatic rings. The molecule has 0 atom stereocenters. The molecule has 13 heavy (non-hydrogen) atoms. The molecule has 0 aliphatic carbocycles. The van der Waals surface area contributed by atoms with Crippen LogP contribution in [0.1, 0.15) is 26.7 Å². The van der Waals surface area contributed by atoms with Gasteiger partial charge < -0.3 is 10.0 Å². The predicted molar refractivity (Wildman–Crippen MR) is 53.4 cm³/mol. The minimum absolute atomic E-state index is 0.239. The van der Waals surface area contributed by atoms with Gasteiger partial charge in [0.1, 0.15) is 5.60 Å². The van der Waals surface area contributed by atoms with Gasteiger partial charge in [-0.1, -0.05) is 6.08 Å². The first kappa shape index (κ1) is 12.2. The molecule has 76 valence electrons. The van der Waals surface area contributed by atoms with Crippen LogP contribution in [-0.2, 0) is 4.79 Å². The number of nitrogens with zero attached hydrogens (tertiary/aromatic N) is 1. The van der Waals surface area contributed by atoms with Gasteiger partial charge in [-0.2, -0.15) is 0 Å². The molecule has 3 nitrogen and oxygen atoms in total. The van der Waals surface area contributed by atoms with Crippen molar-refractivity contribution < 1.29 is 9.90 Å². The minimum atomic E-state index is -1.26. The van der Waals surface area contributed by atoms with Crippen LogP contribution in [0.5, 0.6) is 0 Å². The van der Waals surface area contributed by atoms with Gasteiger partial charge in [0.05, 0.1) is 0 Å². The van der Waals surface area contributed by atoms with Gasteiger partial charge >= 0.3 is 0 Å². The van der Waals surface area contributed by atoms with Gasteiger partial charge in [0, 0.05) is 13.6 Å². The van der Waals surface area contributed by atoms with Crippen LogP contribution in [0.15, 0.2) is 12.7 Å². The second kappa shape index (κ2) is 5.02. The van der Waals surface area contributed by atoms with Gasteiger partial charge in [-0.25, -0.2) is 0 Å². The summed E-state index contributed by atoms with van der Waals surface area (Å²) in [6.45, 7) is 7.26. The maximum atomic E-state index is 11.4. The van der Waals surface area contributed by atoms with E-state index in [1.165, 1.54) is 13.8 Å². The fourth-order valence-electron chi connectivity index (χ4n) is 1.04. The molecule has 0 aromatic carbocycles. The van der Waals surface area contributed by atoms with Crippen LogP contribution in [0.2, 0.25) is 0 Å². The largest absolute Gasteiger partial charge is 0.381 e. The lowest BCUT2D eigenvalue weighted by molar-refractivity contribution is -0.146. The maximum absolute atomic E-state index is 11.4. The van der Waals surface area contributed by atoms with Crippen LogP contribution >= 0.6 is 0 Å². The number of hydrogen-bond donors (Lipinski definition) is 1. The maximum Gasteiger partial charge on any atom is 0.253 e. The molecule has 0 unspecified atom stereocenters. The highest BCUT2D eigenvalue weighted by Gasteiger charge is 2.26. The first-order valence-corrected chi connectivity index (χ1v) is 4.48. The molecule has 0 aliphatic rings. The number of allylic oxidation sites excluding steroid dienone is 1. The Kier molecular flexibility index (Phi) is 4.70. The third-order valence-corrected chi connectivity index (χ3v) is 1.77. The molecule has 0 heterocycles. The van der Waals surface area contributed by atoms with Crippen LogP contribution in [0.4, 0.5) is 0 Å². The van der Waals surface area contributed by atoms with E-state index in [0.717, 1.165) is 12.8 Å². The summed E-state index contributed by atoms with van der Waals surface area (Å²) < 4.78 is 0. The molecular formula is C10H19NO2. The van der Waals surface area contributed by atoms with E-state index in [1.807, 2.05) is 6.08 Å². The fraction of sp³-hybridized carbons (Fsp3) is 0.700. The number of rotatable bonds is 5. The summed E-state index contributed by atoms with van der Waals surface area (Å²) in [6.07, 6.45) is 3.60. The molecule has 0 rings (SSSR count). The van der Waals surface area contributed by atoms with E-state index in [0.29, 0.717) is 6.54 Å². The Morgan fingerprint density at radius 2 is 2.15 bits per heavy atom. The number of aliphatic hydroxyl groups is 1. The van der Waals surface area contributed by atoms with Crippen LogP contribution in [0.25, 0.3) is 0 Å². The zero-order valence-electron chi connectivity index (χ0n) is 8.71. The Hall–Kier alpha value is -0.830. The SMILES string of the molecule is C=CCCCN(C)C(=O)C(C)(C)O. The quantitative estimate of drug-likeness (QED) is 0.516. The van der Waals surface area contributed by atoms with Crippen molar-refractivity contribution in [1.29, 1.82) is 0 Å². The number of carbonyl (C=O) groups is 1. The van der Waals surface area contributed by atoms with Crippen LogP contribution in [0.3, 0.4) is 0 Å². The van der Waals surface area contributed by atoms with Gasteiger partial charge in [0.2, 0.25) is 0 Å². The van der Waals surface area contributed by atoms with Crippen LogP contribution < -0.4 is 0 Å². The number of unbranched alkanes of at least 4 members (excludes halogenated alkanes) is 1. The third kappa shape index (κ3) is 4.68. The third-order valence-electron chi connectivity index (χ3n) is 1.77. The second-order valence-electron chi connectivity index (χ2n) is 3.72. The van der Waals surface area contributed by atoms with E-state index in [9.17, 15) is 9.90 Å². The monoisotopic (exact) mass is 185 g/mol. The average Bonchev–Trinajstić information content (AvgIpc) is 2.01. The molecule has 0 aliphatic heterocycles. The fourth-order valence-corrected chi connectivity index (χ4v) is 1.04. The number of amides is 1. The Balaban J connectivity index is 3.90. The van der Waals surface area contributed by atoms with Crippen LogP contribution in [-0.4, -0.2) is 35.1 Å².